The third-order valence-corrected chi connectivity index (χ3v) is 2.89. The van der Waals surface area contributed by atoms with Crippen LogP contribution in [0.5, 0.6) is 0 Å². The first kappa shape index (κ1) is 15.2. The first-order valence-electron chi connectivity index (χ1n) is 6.48. The van der Waals surface area contributed by atoms with Crippen molar-refractivity contribution < 1.29 is 14.8 Å². The van der Waals surface area contributed by atoms with Gasteiger partial charge in [-0.1, -0.05) is 12.1 Å². The summed E-state index contributed by atoms with van der Waals surface area (Å²) in [6.45, 7) is 0.327. The van der Waals surface area contributed by atoms with E-state index in [0.717, 1.165) is 5.56 Å². The lowest BCUT2D eigenvalue weighted by molar-refractivity contribution is -0.384. The average Bonchev–Trinajstić information content (AvgIpc) is 2.49. The van der Waals surface area contributed by atoms with E-state index in [-0.39, 0.29) is 11.5 Å². The number of nitrogens with one attached hydrogen (secondary N) is 2. The van der Waals surface area contributed by atoms with Crippen molar-refractivity contribution in [3.63, 3.8) is 0 Å². The van der Waals surface area contributed by atoms with E-state index >= 15 is 0 Å². The fourth-order valence-corrected chi connectivity index (χ4v) is 1.85. The van der Waals surface area contributed by atoms with Crippen LogP contribution < -0.4 is 10.6 Å². The number of rotatable bonds is 6. The second-order valence-electron chi connectivity index (χ2n) is 4.43. The van der Waals surface area contributed by atoms with Crippen molar-refractivity contribution in [3.05, 3.63) is 58.3 Å². The van der Waals surface area contributed by atoms with Crippen LogP contribution in [0.25, 0.3) is 0 Å². The molecule has 114 valence electrons. The quantitative estimate of drug-likeness (QED) is 0.557. The Balaban J connectivity index is 2.02. The van der Waals surface area contributed by atoms with E-state index in [4.69, 9.17) is 5.11 Å². The standard InChI is InChI=1S/C14H14N4O4/c19-14(20)16-9-7-10-3-5-11(6-4-10)17-13-12(18(21)22)2-1-8-15-13/h1-6,8,16H,7,9H2,(H,15,17)(H,19,20). The highest BCUT2D eigenvalue weighted by Crippen LogP contribution is 2.24. The average molecular weight is 302 g/mol. The molecule has 0 spiro atoms. The van der Waals surface area contributed by atoms with E-state index in [1.807, 2.05) is 12.1 Å². The maximum atomic E-state index is 10.9. The predicted molar refractivity (Wildman–Crippen MR) is 80.3 cm³/mol. The molecule has 0 saturated carbocycles. The summed E-state index contributed by atoms with van der Waals surface area (Å²) in [5.74, 6) is 0.174. The van der Waals surface area contributed by atoms with Gasteiger partial charge in [-0.05, 0) is 30.2 Å². The summed E-state index contributed by atoms with van der Waals surface area (Å²) in [5, 5.41) is 24.6. The molecule has 1 amide bonds. The smallest absolute Gasteiger partial charge is 0.404 e. The number of aromatic nitrogens is 1. The molecule has 0 saturated heterocycles. The van der Waals surface area contributed by atoms with Crippen LogP contribution in [0.15, 0.2) is 42.6 Å². The second kappa shape index (κ2) is 7.02. The van der Waals surface area contributed by atoms with Crippen molar-refractivity contribution in [3.8, 4) is 0 Å². The molecule has 0 fully saturated rings. The van der Waals surface area contributed by atoms with Gasteiger partial charge in [0, 0.05) is 24.5 Å². The molecule has 22 heavy (non-hydrogen) atoms. The molecule has 0 bridgehead atoms. The Morgan fingerprint density at radius 1 is 1.27 bits per heavy atom. The maximum absolute atomic E-state index is 10.9. The van der Waals surface area contributed by atoms with Gasteiger partial charge in [0.25, 0.3) is 0 Å². The topological polar surface area (TPSA) is 117 Å². The van der Waals surface area contributed by atoms with Crippen LogP contribution in [-0.2, 0) is 6.42 Å². The molecule has 8 heteroatoms. The number of nitrogens with zero attached hydrogens (tertiary/aromatic N) is 2. The van der Waals surface area contributed by atoms with Crippen LogP contribution >= 0.6 is 0 Å². The summed E-state index contributed by atoms with van der Waals surface area (Å²) in [5.41, 5.74) is 1.52. The number of hydrogen-bond donors (Lipinski definition) is 3. The molecular formula is C14H14N4O4. The van der Waals surface area contributed by atoms with Gasteiger partial charge in [0.15, 0.2) is 0 Å². The van der Waals surface area contributed by atoms with E-state index in [1.54, 1.807) is 12.1 Å². The molecule has 0 unspecified atom stereocenters. The van der Waals surface area contributed by atoms with Crippen molar-refractivity contribution in [2.24, 2.45) is 0 Å². The van der Waals surface area contributed by atoms with Crippen molar-refractivity contribution in [2.75, 3.05) is 11.9 Å². The number of anilines is 2. The first-order chi connectivity index (χ1) is 10.6. The van der Waals surface area contributed by atoms with Crippen LogP contribution in [-0.4, -0.2) is 27.7 Å². The van der Waals surface area contributed by atoms with Gasteiger partial charge in [-0.25, -0.2) is 9.78 Å². The summed E-state index contributed by atoms with van der Waals surface area (Å²) in [6, 6.07) is 10.0. The molecule has 8 nitrogen and oxygen atoms in total. The zero-order valence-electron chi connectivity index (χ0n) is 11.5. The Morgan fingerprint density at radius 3 is 2.64 bits per heavy atom. The summed E-state index contributed by atoms with van der Waals surface area (Å²) < 4.78 is 0. The summed E-state index contributed by atoms with van der Waals surface area (Å²) in [4.78, 5) is 24.7. The Bertz CT molecular complexity index is 673. The Morgan fingerprint density at radius 2 is 2.00 bits per heavy atom. The number of nitro groups is 1. The zero-order chi connectivity index (χ0) is 15.9. The van der Waals surface area contributed by atoms with Gasteiger partial charge in [0.1, 0.15) is 0 Å². The molecule has 0 aliphatic carbocycles. The van der Waals surface area contributed by atoms with Gasteiger partial charge in [-0.15, -0.1) is 0 Å². The van der Waals surface area contributed by atoms with Crippen LogP contribution in [0.1, 0.15) is 5.56 Å². The molecule has 2 rings (SSSR count). The van der Waals surface area contributed by atoms with Crippen molar-refractivity contribution in [1.29, 1.82) is 0 Å². The third kappa shape index (κ3) is 4.17. The van der Waals surface area contributed by atoms with Gasteiger partial charge in [0.05, 0.1) is 4.92 Å². The molecule has 1 heterocycles. The van der Waals surface area contributed by atoms with Gasteiger partial charge in [0.2, 0.25) is 5.82 Å². The minimum absolute atomic E-state index is 0.0998. The monoisotopic (exact) mass is 302 g/mol. The second-order valence-corrected chi connectivity index (χ2v) is 4.43. The van der Waals surface area contributed by atoms with Crippen molar-refractivity contribution in [1.82, 2.24) is 10.3 Å². The fraction of sp³-hybridized carbons (Fsp3) is 0.143. The third-order valence-electron chi connectivity index (χ3n) is 2.89. The molecule has 0 radical (unpaired) electrons. The van der Waals surface area contributed by atoms with Crippen molar-refractivity contribution >= 4 is 23.3 Å². The van der Waals surface area contributed by atoms with Gasteiger partial charge < -0.3 is 15.7 Å². The molecule has 1 aromatic heterocycles. The van der Waals surface area contributed by atoms with E-state index in [1.165, 1.54) is 18.3 Å². The largest absolute Gasteiger partial charge is 0.465 e. The van der Waals surface area contributed by atoms with E-state index in [9.17, 15) is 14.9 Å². The molecular weight excluding hydrogens is 288 g/mol. The molecule has 1 aromatic carbocycles. The SMILES string of the molecule is O=C(O)NCCc1ccc(Nc2ncccc2[N+](=O)[O-])cc1. The first-order valence-corrected chi connectivity index (χ1v) is 6.48. The predicted octanol–water partition coefficient (Wildman–Crippen LogP) is 2.54. The Hall–Kier alpha value is -3.16. The molecule has 0 atom stereocenters. The zero-order valence-corrected chi connectivity index (χ0v) is 11.5. The Kier molecular flexibility index (Phi) is 4.86. The van der Waals surface area contributed by atoms with Gasteiger partial charge in [-0.3, -0.25) is 10.1 Å². The highest BCUT2D eigenvalue weighted by molar-refractivity contribution is 5.65. The minimum atomic E-state index is -1.05. The highest BCUT2D eigenvalue weighted by Gasteiger charge is 2.13. The normalized spacial score (nSPS) is 10.0. The van der Waals surface area contributed by atoms with E-state index in [2.05, 4.69) is 15.6 Å². The summed E-state index contributed by atoms with van der Waals surface area (Å²) in [6.07, 6.45) is 0.984. The van der Waals surface area contributed by atoms with Gasteiger partial charge >= 0.3 is 11.8 Å². The fourth-order valence-electron chi connectivity index (χ4n) is 1.85. The number of carboxylic acid groups (broad SMARTS) is 1. The van der Waals surface area contributed by atoms with Crippen LogP contribution in [0.2, 0.25) is 0 Å². The Labute approximate surface area is 126 Å². The summed E-state index contributed by atoms with van der Waals surface area (Å²) in [7, 11) is 0. The lowest BCUT2D eigenvalue weighted by atomic mass is 10.1. The molecule has 0 aliphatic rings. The number of pyridine rings is 1. The van der Waals surface area contributed by atoms with Crippen LogP contribution in [0, 0.1) is 10.1 Å². The van der Waals surface area contributed by atoms with Crippen LogP contribution in [0.3, 0.4) is 0 Å². The minimum Gasteiger partial charge on any atom is -0.465 e. The lowest BCUT2D eigenvalue weighted by Gasteiger charge is -2.07. The molecule has 3 N–H and O–H groups in total. The van der Waals surface area contributed by atoms with Crippen LogP contribution in [0.4, 0.5) is 22.0 Å². The highest BCUT2D eigenvalue weighted by atomic mass is 16.6. The number of benzene rings is 1. The molecule has 0 aliphatic heterocycles. The number of amides is 1. The number of carbonyl (C=O) groups is 1. The summed E-state index contributed by atoms with van der Waals surface area (Å²) >= 11 is 0. The lowest BCUT2D eigenvalue weighted by Crippen LogP contribution is -2.23. The number of hydrogen-bond acceptors (Lipinski definition) is 5. The molecule has 2 aromatic rings. The van der Waals surface area contributed by atoms with E-state index < -0.39 is 11.0 Å². The van der Waals surface area contributed by atoms with Crippen molar-refractivity contribution in [2.45, 2.75) is 6.42 Å². The van der Waals surface area contributed by atoms with E-state index in [0.29, 0.717) is 18.7 Å². The maximum Gasteiger partial charge on any atom is 0.404 e. The van der Waals surface area contributed by atoms with Gasteiger partial charge in [-0.2, -0.15) is 0 Å².